The molecule has 45 heavy (non-hydrogen) atoms. The molecule has 0 saturated carbocycles. The zero-order valence-electron chi connectivity index (χ0n) is 25.0. The van der Waals surface area contributed by atoms with Gasteiger partial charge < -0.3 is 24.2 Å². The maximum Gasteiger partial charge on any atom is 0.319 e. The molecule has 8 rings (SSSR count). The quantitative estimate of drug-likeness (QED) is 0.305. The highest BCUT2D eigenvalue weighted by Gasteiger charge is 2.49. The van der Waals surface area contributed by atoms with Gasteiger partial charge in [-0.15, -0.1) is 6.42 Å². The van der Waals surface area contributed by atoms with E-state index in [0.717, 1.165) is 58.2 Å². The molecule has 0 radical (unpaired) electrons. The third-order valence-electron chi connectivity index (χ3n) is 10.1. The minimum Gasteiger partial charge on any atom is -0.508 e. The van der Waals surface area contributed by atoms with Gasteiger partial charge in [0.1, 0.15) is 47.2 Å². The molecular weight excluding hydrogens is 580 g/mol. The van der Waals surface area contributed by atoms with Gasteiger partial charge in [-0.05, 0) is 68.7 Å². The second-order valence-corrected chi connectivity index (χ2v) is 12.6. The summed E-state index contributed by atoms with van der Waals surface area (Å²) in [6.45, 7) is 3.25. The molecule has 2 aromatic heterocycles. The number of phenols is 1. The predicted octanol–water partition coefficient (Wildman–Crippen LogP) is 5.19. The van der Waals surface area contributed by atoms with Gasteiger partial charge >= 0.3 is 6.01 Å². The first-order valence-electron chi connectivity index (χ1n) is 15.5. The van der Waals surface area contributed by atoms with Crippen LogP contribution in [0.1, 0.15) is 44.1 Å². The van der Waals surface area contributed by atoms with Crippen LogP contribution < -0.4 is 14.4 Å². The van der Waals surface area contributed by atoms with E-state index in [1.165, 1.54) is 24.3 Å². The molecule has 11 heteroatoms. The van der Waals surface area contributed by atoms with Crippen molar-refractivity contribution in [2.24, 2.45) is 0 Å². The zero-order chi connectivity index (χ0) is 30.9. The molecule has 0 amide bonds. The Morgan fingerprint density at radius 3 is 2.87 bits per heavy atom. The van der Waals surface area contributed by atoms with E-state index < -0.39 is 11.6 Å². The smallest absolute Gasteiger partial charge is 0.319 e. The van der Waals surface area contributed by atoms with Crippen molar-refractivity contribution in [1.82, 2.24) is 19.9 Å². The summed E-state index contributed by atoms with van der Waals surface area (Å²) in [5.74, 6) is 1.56. The van der Waals surface area contributed by atoms with E-state index in [0.29, 0.717) is 29.8 Å². The topological polar surface area (TPSA) is 93.1 Å². The number of methoxy groups -OCH3 is 1. The second kappa shape index (κ2) is 10.7. The maximum atomic E-state index is 16.9. The first-order valence-corrected chi connectivity index (χ1v) is 15.5. The molecule has 4 aliphatic rings. The number of hydrogen-bond acceptors (Lipinski definition) is 9. The van der Waals surface area contributed by atoms with Gasteiger partial charge in [-0.2, -0.15) is 9.97 Å². The summed E-state index contributed by atoms with van der Waals surface area (Å²) >= 11 is 0. The fourth-order valence-electron chi connectivity index (χ4n) is 7.86. The molecule has 0 unspecified atom stereocenters. The summed E-state index contributed by atoms with van der Waals surface area (Å²) in [4.78, 5) is 18.7. The number of fused-ring (bicyclic) bond motifs is 4. The number of piperidine rings is 1. The molecule has 3 fully saturated rings. The van der Waals surface area contributed by atoms with Gasteiger partial charge in [-0.3, -0.25) is 4.90 Å². The van der Waals surface area contributed by atoms with Crippen molar-refractivity contribution in [2.45, 2.75) is 56.2 Å². The highest BCUT2D eigenvalue weighted by Crippen LogP contribution is 2.45. The van der Waals surface area contributed by atoms with Crippen molar-refractivity contribution in [1.29, 1.82) is 0 Å². The molecule has 9 nitrogen and oxygen atoms in total. The van der Waals surface area contributed by atoms with Crippen LogP contribution in [0.5, 0.6) is 17.6 Å². The number of hydrogen-bond donors (Lipinski definition) is 1. The summed E-state index contributed by atoms with van der Waals surface area (Å²) in [5.41, 5.74) is -0.272. The van der Waals surface area contributed by atoms with Crippen LogP contribution >= 0.6 is 0 Å². The minimum absolute atomic E-state index is 0.0154. The molecule has 2 aromatic carbocycles. The lowest BCUT2D eigenvalue weighted by Gasteiger charge is -2.35. The highest BCUT2D eigenvalue weighted by molar-refractivity contribution is 6.04. The van der Waals surface area contributed by atoms with Crippen LogP contribution in [-0.4, -0.2) is 82.6 Å². The van der Waals surface area contributed by atoms with E-state index in [1.54, 1.807) is 7.11 Å². The van der Waals surface area contributed by atoms with Crippen LogP contribution in [0.4, 0.5) is 14.6 Å². The van der Waals surface area contributed by atoms with Gasteiger partial charge in [0.2, 0.25) is 5.88 Å². The maximum absolute atomic E-state index is 16.9. The molecule has 232 valence electrons. The molecule has 4 aliphatic heterocycles. The van der Waals surface area contributed by atoms with E-state index >= 15 is 4.39 Å². The Morgan fingerprint density at radius 1 is 1.13 bits per heavy atom. The third kappa shape index (κ3) is 4.45. The number of ether oxygens (including phenoxy) is 3. The Labute approximate surface area is 259 Å². The molecular formula is C34H33F2N5O4. The van der Waals surface area contributed by atoms with Crippen molar-refractivity contribution in [3.05, 3.63) is 41.5 Å². The van der Waals surface area contributed by atoms with Crippen molar-refractivity contribution in [3.8, 4) is 41.2 Å². The van der Waals surface area contributed by atoms with Crippen molar-refractivity contribution < 1.29 is 28.1 Å². The molecule has 6 heterocycles. The lowest BCUT2D eigenvalue weighted by molar-refractivity contribution is 0.0997. The van der Waals surface area contributed by atoms with E-state index in [1.807, 2.05) is 0 Å². The fourth-order valence-corrected chi connectivity index (χ4v) is 7.86. The van der Waals surface area contributed by atoms with Gasteiger partial charge in [-0.25, -0.2) is 13.8 Å². The third-order valence-corrected chi connectivity index (χ3v) is 10.1. The van der Waals surface area contributed by atoms with Crippen LogP contribution in [0, 0.1) is 24.0 Å². The van der Waals surface area contributed by atoms with Crippen molar-refractivity contribution >= 4 is 27.5 Å². The number of halogens is 2. The number of rotatable bonds is 5. The molecule has 3 saturated heterocycles. The minimum atomic E-state index is -0.763. The van der Waals surface area contributed by atoms with Gasteiger partial charge in [0, 0.05) is 31.1 Å². The fraction of sp³-hybridized carbons (Fsp3) is 0.441. The summed E-state index contributed by atoms with van der Waals surface area (Å²) in [5, 5.41) is 11.7. The molecule has 1 N–H and O–H groups in total. The van der Waals surface area contributed by atoms with Crippen LogP contribution in [0.15, 0.2) is 24.3 Å². The number of nitrogens with zero attached hydrogens (tertiary/aromatic N) is 5. The first-order chi connectivity index (χ1) is 21.9. The zero-order valence-corrected chi connectivity index (χ0v) is 25.0. The van der Waals surface area contributed by atoms with E-state index in [9.17, 15) is 9.50 Å². The standard InChI is InChI=1S/C34H33F2N5O4/c1-3-23-25(35)9-8-19-13-21(42)14-24(26(19)23)29-28(36)30-27-31(41-12-5-4-7-20(41)17-44-32(27)37-29)39-33(38-30)45-18-34-10-6-11-40(34)16-22(15-34)43-2/h1,8-9,13-14,20,22,42H,4-7,10-12,15-18H2,2H3/t20-,22+,34-/m0/s1. The van der Waals surface area contributed by atoms with E-state index in [-0.39, 0.29) is 63.0 Å². The molecule has 0 aliphatic carbocycles. The summed E-state index contributed by atoms with van der Waals surface area (Å²) in [6, 6.07) is 5.61. The molecule has 3 atom stereocenters. The van der Waals surface area contributed by atoms with Crippen LogP contribution in [0.2, 0.25) is 0 Å². The first kappa shape index (κ1) is 28.2. The highest BCUT2D eigenvalue weighted by atomic mass is 19.1. The second-order valence-electron chi connectivity index (χ2n) is 12.6. The number of aromatic nitrogens is 3. The number of aromatic hydroxyl groups is 1. The lowest BCUT2D eigenvalue weighted by atomic mass is 9.94. The Bertz CT molecular complexity index is 1900. The molecule has 0 bridgehead atoms. The average Bonchev–Trinajstić information content (AvgIpc) is 3.55. The monoisotopic (exact) mass is 613 g/mol. The van der Waals surface area contributed by atoms with Crippen LogP contribution in [-0.2, 0) is 4.74 Å². The number of phenolic OH excluding ortho intramolecular Hbond substituents is 1. The van der Waals surface area contributed by atoms with E-state index in [4.69, 9.17) is 25.6 Å². The van der Waals surface area contributed by atoms with E-state index in [2.05, 4.69) is 25.7 Å². The number of pyridine rings is 1. The van der Waals surface area contributed by atoms with Gasteiger partial charge in [0.15, 0.2) is 5.82 Å². The Morgan fingerprint density at radius 2 is 2.02 bits per heavy atom. The molecule has 0 spiro atoms. The number of terminal acetylenes is 1. The summed E-state index contributed by atoms with van der Waals surface area (Å²) in [6.07, 6.45) is 11.6. The van der Waals surface area contributed by atoms with Crippen LogP contribution in [0.25, 0.3) is 32.9 Å². The van der Waals surface area contributed by atoms with Crippen molar-refractivity contribution in [3.63, 3.8) is 0 Å². The van der Waals surface area contributed by atoms with Gasteiger partial charge in [0.05, 0.1) is 23.2 Å². The number of anilines is 1. The largest absolute Gasteiger partial charge is 0.508 e. The SMILES string of the molecule is C#Cc1c(F)ccc2cc(O)cc(-c3nc4c5c(nc(OC[C@@]67CCCN6C[C@H](OC)C7)nc5c3F)N3CCCC[C@H]3CO4)c12. The Hall–Kier alpha value is -4.27. The average molecular weight is 614 g/mol. The summed E-state index contributed by atoms with van der Waals surface area (Å²) in [7, 11) is 1.74. The normalized spacial score (nSPS) is 24.3. The summed E-state index contributed by atoms with van der Waals surface area (Å²) < 4.78 is 50.1. The lowest BCUT2D eigenvalue weighted by Crippen LogP contribution is -2.44. The van der Waals surface area contributed by atoms with Gasteiger partial charge in [0.25, 0.3) is 0 Å². The molecule has 4 aromatic rings. The van der Waals surface area contributed by atoms with Gasteiger partial charge in [-0.1, -0.05) is 12.0 Å². The Kier molecular flexibility index (Phi) is 6.69. The number of benzene rings is 2. The predicted molar refractivity (Wildman–Crippen MR) is 165 cm³/mol. The van der Waals surface area contributed by atoms with Crippen molar-refractivity contribution in [2.75, 3.05) is 44.9 Å². The Balaban J connectivity index is 1.31. The van der Waals surface area contributed by atoms with Crippen LogP contribution in [0.3, 0.4) is 0 Å².